The zero-order valence-electron chi connectivity index (χ0n) is 20.4. The van der Waals surface area contributed by atoms with Crippen LogP contribution in [0.25, 0.3) is 6.08 Å². The van der Waals surface area contributed by atoms with Crippen LogP contribution in [-0.2, 0) is 14.3 Å². The summed E-state index contributed by atoms with van der Waals surface area (Å²) in [5.41, 5.74) is 1.62. The first kappa shape index (κ1) is 26.1. The second-order valence-corrected chi connectivity index (χ2v) is 9.69. The highest BCUT2D eigenvalue weighted by molar-refractivity contribution is 8.15. The third-order valence-corrected chi connectivity index (χ3v) is 7.46. The first-order valence-corrected chi connectivity index (χ1v) is 12.9. The van der Waals surface area contributed by atoms with Gasteiger partial charge in [-0.05, 0) is 48.4 Å². The normalized spacial score (nSPS) is 17.8. The summed E-state index contributed by atoms with van der Waals surface area (Å²) < 4.78 is 15.9. The van der Waals surface area contributed by atoms with Gasteiger partial charge in [-0.3, -0.25) is 14.5 Å². The van der Waals surface area contributed by atoms with Gasteiger partial charge in [0, 0.05) is 13.1 Å². The van der Waals surface area contributed by atoms with Gasteiger partial charge in [-0.25, -0.2) is 4.99 Å². The van der Waals surface area contributed by atoms with E-state index in [0.717, 1.165) is 11.3 Å². The molecule has 0 unspecified atom stereocenters. The maximum Gasteiger partial charge on any atom is 0.283 e. The second-order valence-electron chi connectivity index (χ2n) is 8.11. The van der Waals surface area contributed by atoms with Gasteiger partial charge in [-0.15, -0.1) is 0 Å². The van der Waals surface area contributed by atoms with Crippen molar-refractivity contribution in [3.05, 3.63) is 58.7 Å². The molecule has 1 fully saturated rings. The van der Waals surface area contributed by atoms with Gasteiger partial charge in [0.15, 0.2) is 5.17 Å². The van der Waals surface area contributed by atoms with E-state index in [4.69, 9.17) is 25.8 Å². The largest absolute Gasteiger partial charge is 0.497 e. The van der Waals surface area contributed by atoms with Crippen molar-refractivity contribution >= 4 is 52.1 Å². The topological polar surface area (TPSA) is 80.7 Å². The number of carbonyl (C=O) groups excluding carboxylic acids is 2. The molecule has 2 amide bonds. The summed E-state index contributed by atoms with van der Waals surface area (Å²) in [5, 5.41) is 0.400. The molecule has 4 rings (SSSR count). The fraction of sp³-hybridized carbons (Fsp3) is 0.346. The smallest absolute Gasteiger partial charge is 0.283 e. The molecule has 0 bridgehead atoms. The van der Waals surface area contributed by atoms with Crippen molar-refractivity contribution in [2.75, 3.05) is 45.4 Å². The summed E-state index contributed by atoms with van der Waals surface area (Å²) in [6.07, 6.45) is 2.31. The maximum atomic E-state index is 13.6. The first-order chi connectivity index (χ1) is 17.4. The Hall–Kier alpha value is -3.01. The lowest BCUT2D eigenvalue weighted by Gasteiger charge is -2.30. The minimum Gasteiger partial charge on any atom is -0.497 e. The summed E-state index contributed by atoms with van der Waals surface area (Å²) >= 11 is 7.66. The molecule has 1 saturated heterocycles. The van der Waals surface area contributed by atoms with Crippen LogP contribution in [0.4, 0.5) is 5.69 Å². The number of methoxy groups -OCH3 is 2. The quantitative estimate of drug-likeness (QED) is 0.492. The lowest BCUT2D eigenvalue weighted by molar-refractivity contribution is -0.134. The zero-order valence-corrected chi connectivity index (χ0v) is 22.0. The molecule has 2 aromatic rings. The molecular formula is C26H28ClN3O5S. The van der Waals surface area contributed by atoms with Gasteiger partial charge in [0.1, 0.15) is 17.2 Å². The van der Waals surface area contributed by atoms with Gasteiger partial charge >= 0.3 is 0 Å². The Morgan fingerprint density at radius 1 is 1.17 bits per heavy atom. The molecule has 0 aliphatic carbocycles. The van der Waals surface area contributed by atoms with Gasteiger partial charge in [0.05, 0.1) is 43.4 Å². The number of anilines is 1. The molecule has 0 aromatic heterocycles. The van der Waals surface area contributed by atoms with E-state index >= 15 is 0 Å². The average Bonchev–Trinajstić information content (AvgIpc) is 3.21. The Morgan fingerprint density at radius 2 is 1.89 bits per heavy atom. The minimum absolute atomic E-state index is 0.0150. The Balaban J connectivity index is 1.68. The number of benzene rings is 2. The molecule has 0 radical (unpaired) electrons. The number of halogens is 1. The highest BCUT2D eigenvalue weighted by Crippen LogP contribution is 2.36. The average molecular weight is 530 g/mol. The molecule has 190 valence electrons. The monoisotopic (exact) mass is 529 g/mol. The van der Waals surface area contributed by atoms with Crippen LogP contribution in [0.2, 0.25) is 5.02 Å². The summed E-state index contributed by atoms with van der Waals surface area (Å²) in [6, 6.07) is 12.5. The molecule has 0 spiro atoms. The summed E-state index contributed by atoms with van der Waals surface area (Å²) in [6.45, 7) is 4.12. The van der Waals surface area contributed by atoms with Crippen LogP contribution in [0, 0.1) is 0 Å². The van der Waals surface area contributed by atoms with Gasteiger partial charge in [-0.1, -0.05) is 42.4 Å². The molecule has 2 heterocycles. The fourth-order valence-electron chi connectivity index (χ4n) is 3.88. The number of thioether (sulfide) groups is 1. The Bertz CT molecular complexity index is 1180. The van der Waals surface area contributed by atoms with E-state index in [1.165, 1.54) is 23.8 Å². The van der Waals surface area contributed by atoms with Crippen molar-refractivity contribution in [3.8, 4) is 11.5 Å². The van der Waals surface area contributed by atoms with Crippen molar-refractivity contribution in [2.45, 2.75) is 18.6 Å². The summed E-state index contributed by atoms with van der Waals surface area (Å²) in [7, 11) is 3.13. The van der Waals surface area contributed by atoms with Gasteiger partial charge in [0.25, 0.3) is 5.91 Å². The molecule has 1 atom stereocenters. The lowest BCUT2D eigenvalue weighted by Crippen LogP contribution is -2.45. The number of carbonyl (C=O) groups is 2. The van der Waals surface area contributed by atoms with E-state index in [-0.39, 0.29) is 17.5 Å². The molecular weight excluding hydrogens is 502 g/mol. The lowest BCUT2D eigenvalue weighted by atomic mass is 10.2. The Labute approximate surface area is 219 Å². The predicted octanol–water partition coefficient (Wildman–Crippen LogP) is 4.47. The number of ether oxygens (including phenoxy) is 3. The fourth-order valence-corrected chi connectivity index (χ4v) is 5.25. The van der Waals surface area contributed by atoms with Crippen LogP contribution in [-0.4, -0.2) is 67.7 Å². The maximum absolute atomic E-state index is 13.6. The van der Waals surface area contributed by atoms with E-state index in [1.54, 1.807) is 31.4 Å². The van der Waals surface area contributed by atoms with Crippen molar-refractivity contribution in [2.24, 2.45) is 4.99 Å². The summed E-state index contributed by atoms with van der Waals surface area (Å²) in [4.78, 5) is 34.8. The molecule has 2 aliphatic rings. The van der Waals surface area contributed by atoms with Crippen LogP contribution >= 0.6 is 23.4 Å². The van der Waals surface area contributed by atoms with E-state index < -0.39 is 5.25 Å². The van der Waals surface area contributed by atoms with E-state index in [2.05, 4.69) is 4.99 Å². The third-order valence-electron chi connectivity index (χ3n) is 5.86. The van der Waals surface area contributed by atoms with Crippen molar-refractivity contribution < 1.29 is 23.8 Å². The molecule has 0 saturated carbocycles. The number of nitrogens with zero attached hydrogens (tertiary/aromatic N) is 3. The Morgan fingerprint density at radius 3 is 2.50 bits per heavy atom. The van der Waals surface area contributed by atoms with Gasteiger partial charge in [-0.2, -0.15) is 0 Å². The Kier molecular flexibility index (Phi) is 8.56. The number of hydrogen-bond acceptors (Lipinski definition) is 7. The second kappa shape index (κ2) is 11.8. The molecule has 10 heteroatoms. The van der Waals surface area contributed by atoms with E-state index in [1.807, 2.05) is 36.1 Å². The van der Waals surface area contributed by atoms with E-state index in [9.17, 15) is 9.59 Å². The van der Waals surface area contributed by atoms with Crippen molar-refractivity contribution in [3.63, 3.8) is 0 Å². The molecule has 36 heavy (non-hydrogen) atoms. The van der Waals surface area contributed by atoms with E-state index in [0.29, 0.717) is 54.4 Å². The number of amides is 2. The van der Waals surface area contributed by atoms with Gasteiger partial charge in [0.2, 0.25) is 5.91 Å². The SMILES string of the molecule is CC[C@@H](SC1=N/C(=C\c2ccc(OC)cc2)C(=O)N1c1ccc(OC)c(Cl)c1)C(=O)N1CCOCC1. The van der Waals surface area contributed by atoms with Crippen LogP contribution < -0.4 is 14.4 Å². The van der Waals surface area contributed by atoms with Crippen molar-refractivity contribution in [1.82, 2.24) is 4.90 Å². The van der Waals surface area contributed by atoms with Crippen molar-refractivity contribution in [1.29, 1.82) is 0 Å². The van der Waals surface area contributed by atoms with Crippen LogP contribution in [0.1, 0.15) is 18.9 Å². The standard InChI is InChI=1S/C26H28ClN3O5S/c1-4-23(25(32)29-11-13-35-14-12-29)36-26-28-21(15-17-5-8-19(33-2)9-6-17)24(31)30(26)18-7-10-22(34-3)20(27)16-18/h5-10,15-16,23H,4,11-14H2,1-3H3/b21-15-/t23-/m1/s1. The van der Waals surface area contributed by atoms with Crippen LogP contribution in [0.5, 0.6) is 11.5 Å². The number of morpholine rings is 1. The van der Waals surface area contributed by atoms with Gasteiger partial charge < -0.3 is 19.1 Å². The predicted molar refractivity (Wildman–Crippen MR) is 143 cm³/mol. The number of amidine groups is 1. The minimum atomic E-state index is -0.397. The number of hydrogen-bond donors (Lipinski definition) is 0. The first-order valence-electron chi connectivity index (χ1n) is 11.6. The summed E-state index contributed by atoms with van der Waals surface area (Å²) in [5.74, 6) is 0.933. The zero-order chi connectivity index (χ0) is 25.7. The molecule has 2 aliphatic heterocycles. The highest BCUT2D eigenvalue weighted by atomic mass is 35.5. The molecule has 8 nitrogen and oxygen atoms in total. The molecule has 2 aromatic carbocycles. The number of aliphatic imine (C=N–C) groups is 1. The van der Waals surface area contributed by atoms with Crippen LogP contribution in [0.3, 0.4) is 0 Å². The number of rotatable bonds is 7. The highest BCUT2D eigenvalue weighted by Gasteiger charge is 2.36. The van der Waals surface area contributed by atoms with Crippen LogP contribution in [0.15, 0.2) is 53.2 Å². The molecule has 0 N–H and O–H groups in total. The third kappa shape index (κ3) is 5.69.